The summed E-state index contributed by atoms with van der Waals surface area (Å²) < 4.78 is 26.3. The third kappa shape index (κ3) is 3.44. The Morgan fingerprint density at radius 1 is 1.52 bits per heavy atom. The molecule has 8 nitrogen and oxygen atoms in total. The van der Waals surface area contributed by atoms with Crippen LogP contribution in [0.5, 0.6) is 0 Å². The number of aromatic amines is 1. The number of nitrogens with one attached hydrogen (secondary N) is 2. The average molecular weight is 356 g/mol. The molecule has 0 saturated carbocycles. The van der Waals surface area contributed by atoms with Crippen molar-refractivity contribution < 1.29 is 18.3 Å². The molecule has 1 aliphatic rings. The quantitative estimate of drug-likeness (QED) is 0.752. The Kier molecular flexibility index (Phi) is 4.48. The van der Waals surface area contributed by atoms with E-state index in [9.17, 15) is 18.3 Å². The summed E-state index contributed by atoms with van der Waals surface area (Å²) >= 11 is 1.27. The van der Waals surface area contributed by atoms with Crippen molar-refractivity contribution in [2.24, 2.45) is 0 Å². The van der Waals surface area contributed by atoms with Gasteiger partial charge in [0.1, 0.15) is 10.6 Å². The van der Waals surface area contributed by atoms with Gasteiger partial charge in [0.05, 0.1) is 6.10 Å². The lowest BCUT2D eigenvalue weighted by Crippen LogP contribution is -2.41. The number of H-pyrrole nitrogens is 1. The van der Waals surface area contributed by atoms with E-state index in [1.54, 1.807) is 11.6 Å². The van der Waals surface area contributed by atoms with E-state index in [0.29, 0.717) is 24.5 Å². The number of hydrogen-bond donors (Lipinski definition) is 3. The average Bonchev–Trinajstić information content (AvgIpc) is 3.18. The lowest BCUT2D eigenvalue weighted by atomic mass is 10.1. The molecular weight excluding hydrogens is 340 g/mol. The molecule has 0 radical (unpaired) electrons. The fourth-order valence-corrected chi connectivity index (χ4v) is 4.43. The van der Waals surface area contributed by atoms with Gasteiger partial charge in [-0.25, -0.2) is 13.4 Å². The monoisotopic (exact) mass is 356 g/mol. The number of rotatable bonds is 4. The minimum Gasteiger partial charge on any atom is -0.392 e. The van der Waals surface area contributed by atoms with Crippen molar-refractivity contribution in [3.63, 3.8) is 0 Å². The molecule has 1 unspecified atom stereocenters. The third-order valence-electron chi connectivity index (χ3n) is 3.55. The molecular formula is C13H16N4O4S2. The highest BCUT2D eigenvalue weighted by molar-refractivity contribution is 7.89. The number of carbonyl (C=O) groups is 1. The van der Waals surface area contributed by atoms with Crippen molar-refractivity contribution in [3.8, 4) is 0 Å². The Hall–Kier alpha value is -1.75. The highest BCUT2D eigenvalue weighted by Crippen LogP contribution is 2.22. The van der Waals surface area contributed by atoms with Crippen molar-refractivity contribution in [2.75, 3.05) is 18.4 Å². The zero-order chi connectivity index (χ0) is 16.4. The topological polar surface area (TPSA) is 115 Å². The number of anilines is 1. The molecule has 1 saturated heterocycles. The van der Waals surface area contributed by atoms with Crippen molar-refractivity contribution in [1.29, 1.82) is 0 Å². The normalized spacial score (nSPS) is 19.6. The van der Waals surface area contributed by atoms with Crippen LogP contribution in [0.15, 0.2) is 28.7 Å². The number of piperidine rings is 1. The number of thiazole rings is 1. The van der Waals surface area contributed by atoms with Crippen LogP contribution in [0.4, 0.5) is 5.13 Å². The minimum atomic E-state index is -3.72. The Balaban J connectivity index is 1.76. The van der Waals surface area contributed by atoms with Crippen LogP contribution >= 0.6 is 11.3 Å². The first-order chi connectivity index (χ1) is 11.0. The molecule has 1 amide bonds. The summed E-state index contributed by atoms with van der Waals surface area (Å²) in [6.45, 7) is 0.444. The second-order valence-electron chi connectivity index (χ2n) is 5.20. The molecule has 1 fully saturated rings. The maximum Gasteiger partial charge on any atom is 0.273 e. The van der Waals surface area contributed by atoms with Gasteiger partial charge in [0, 0.05) is 30.9 Å². The van der Waals surface area contributed by atoms with Gasteiger partial charge in [-0.3, -0.25) is 10.1 Å². The van der Waals surface area contributed by atoms with E-state index >= 15 is 0 Å². The van der Waals surface area contributed by atoms with Gasteiger partial charge in [-0.2, -0.15) is 4.31 Å². The van der Waals surface area contributed by atoms with Gasteiger partial charge in [-0.1, -0.05) is 0 Å². The first-order valence-corrected chi connectivity index (χ1v) is 9.36. The van der Waals surface area contributed by atoms with Crippen LogP contribution < -0.4 is 5.32 Å². The number of aliphatic hydroxyl groups excluding tert-OH is 1. The number of hydrogen-bond acceptors (Lipinski definition) is 6. The van der Waals surface area contributed by atoms with E-state index in [2.05, 4.69) is 15.3 Å². The highest BCUT2D eigenvalue weighted by atomic mass is 32.2. The zero-order valence-corrected chi connectivity index (χ0v) is 13.7. The first-order valence-electron chi connectivity index (χ1n) is 7.04. The van der Waals surface area contributed by atoms with Crippen LogP contribution in [0.2, 0.25) is 0 Å². The van der Waals surface area contributed by atoms with Gasteiger partial charge in [0.15, 0.2) is 5.13 Å². The maximum absolute atomic E-state index is 12.5. The van der Waals surface area contributed by atoms with E-state index in [4.69, 9.17) is 0 Å². The van der Waals surface area contributed by atoms with Crippen molar-refractivity contribution in [2.45, 2.75) is 23.8 Å². The Labute approximate surface area is 137 Å². The van der Waals surface area contributed by atoms with Crippen LogP contribution in [0.1, 0.15) is 23.3 Å². The second-order valence-corrected chi connectivity index (χ2v) is 8.03. The molecule has 1 atom stereocenters. The number of aromatic nitrogens is 2. The smallest absolute Gasteiger partial charge is 0.273 e. The van der Waals surface area contributed by atoms with Gasteiger partial charge in [0.25, 0.3) is 5.91 Å². The number of amides is 1. The summed E-state index contributed by atoms with van der Waals surface area (Å²) in [6, 6.07) is 1.29. The number of aliphatic hydroxyl groups is 1. The number of carbonyl (C=O) groups excluding carboxylic acids is 1. The molecule has 3 rings (SSSR count). The van der Waals surface area contributed by atoms with Crippen LogP contribution in [0.25, 0.3) is 0 Å². The lowest BCUT2D eigenvalue weighted by molar-refractivity contribution is 0.102. The summed E-state index contributed by atoms with van der Waals surface area (Å²) in [4.78, 5) is 18.7. The van der Waals surface area contributed by atoms with Gasteiger partial charge in [-0.05, 0) is 18.9 Å². The van der Waals surface area contributed by atoms with Crippen molar-refractivity contribution in [3.05, 3.63) is 29.5 Å². The van der Waals surface area contributed by atoms with Gasteiger partial charge in [-0.15, -0.1) is 11.3 Å². The number of β-amino-alcohol motifs (C(OH)–C–C–N with tert-alkyl or cyclic N) is 1. The number of sulfonamides is 1. The molecule has 1 aliphatic heterocycles. The van der Waals surface area contributed by atoms with E-state index in [1.165, 1.54) is 27.9 Å². The van der Waals surface area contributed by atoms with E-state index < -0.39 is 22.0 Å². The molecule has 3 heterocycles. The molecule has 0 aromatic carbocycles. The number of nitrogens with zero attached hydrogens (tertiary/aromatic N) is 2. The van der Waals surface area contributed by atoms with Crippen LogP contribution in [-0.2, 0) is 10.0 Å². The Bertz CT molecular complexity index is 785. The van der Waals surface area contributed by atoms with E-state index in [1.807, 2.05) is 0 Å². The maximum atomic E-state index is 12.5. The fourth-order valence-electron chi connectivity index (χ4n) is 2.39. The summed E-state index contributed by atoms with van der Waals surface area (Å²) in [5.74, 6) is -0.458. The fraction of sp³-hybridized carbons (Fsp3) is 0.385. The highest BCUT2D eigenvalue weighted by Gasteiger charge is 2.30. The summed E-state index contributed by atoms with van der Waals surface area (Å²) in [6.07, 6.45) is 3.41. The summed E-state index contributed by atoms with van der Waals surface area (Å²) in [7, 11) is -3.72. The molecule has 2 aromatic heterocycles. The summed E-state index contributed by atoms with van der Waals surface area (Å²) in [5.41, 5.74) is 0.135. The Morgan fingerprint density at radius 3 is 3.04 bits per heavy atom. The van der Waals surface area contributed by atoms with E-state index in [-0.39, 0.29) is 17.1 Å². The standard InChI is InChI=1S/C13H16N4O4S2/c18-9-2-1-4-17(8-9)23(20,21)10-6-11(15-7-10)12(19)16-13-14-3-5-22-13/h3,5-7,9,15,18H,1-2,4,8H2,(H,14,16,19). The molecule has 10 heteroatoms. The third-order valence-corrected chi connectivity index (χ3v) is 6.08. The lowest BCUT2D eigenvalue weighted by Gasteiger charge is -2.28. The van der Waals surface area contributed by atoms with Gasteiger partial charge < -0.3 is 10.1 Å². The zero-order valence-electron chi connectivity index (χ0n) is 12.1. The molecule has 0 bridgehead atoms. The van der Waals surface area contributed by atoms with Crippen LogP contribution in [0, 0.1) is 0 Å². The summed E-state index contributed by atoms with van der Waals surface area (Å²) in [5, 5.41) is 14.4. The predicted octanol–water partition coefficient (Wildman–Crippen LogP) is 0.869. The molecule has 23 heavy (non-hydrogen) atoms. The molecule has 0 spiro atoms. The van der Waals surface area contributed by atoms with Crippen LogP contribution in [-0.4, -0.2) is 52.9 Å². The molecule has 124 valence electrons. The van der Waals surface area contributed by atoms with E-state index in [0.717, 1.165) is 0 Å². The second kappa shape index (κ2) is 6.40. The van der Waals surface area contributed by atoms with Gasteiger partial charge in [0.2, 0.25) is 10.0 Å². The largest absolute Gasteiger partial charge is 0.392 e. The predicted molar refractivity (Wildman–Crippen MR) is 84.9 cm³/mol. The minimum absolute atomic E-state index is 0.0101. The molecule has 0 aliphatic carbocycles. The van der Waals surface area contributed by atoms with Crippen molar-refractivity contribution in [1.82, 2.24) is 14.3 Å². The molecule has 3 N–H and O–H groups in total. The Morgan fingerprint density at radius 2 is 2.35 bits per heavy atom. The molecule has 2 aromatic rings. The van der Waals surface area contributed by atoms with Gasteiger partial charge >= 0.3 is 0 Å². The SMILES string of the molecule is O=C(Nc1nccs1)c1cc(S(=O)(=O)N2CCCC(O)C2)c[nH]1. The van der Waals surface area contributed by atoms with Crippen molar-refractivity contribution >= 4 is 32.4 Å². The van der Waals surface area contributed by atoms with Crippen LogP contribution in [0.3, 0.4) is 0 Å². The first kappa shape index (κ1) is 16.1.